The van der Waals surface area contributed by atoms with Gasteiger partial charge in [0.25, 0.3) is 0 Å². The first-order chi connectivity index (χ1) is 8.83. The van der Waals surface area contributed by atoms with E-state index in [9.17, 15) is 0 Å². The number of nitrogen functional groups attached to an aromatic ring is 1. The minimum absolute atomic E-state index is 0.209. The van der Waals surface area contributed by atoms with Crippen molar-refractivity contribution in [2.24, 2.45) is 0 Å². The molecule has 7 nitrogen and oxygen atoms in total. The molecular formula is C11H11N7. The zero-order valence-corrected chi connectivity index (χ0v) is 9.46. The van der Waals surface area contributed by atoms with Crippen LogP contribution in [-0.4, -0.2) is 25.1 Å². The van der Waals surface area contributed by atoms with Crippen molar-refractivity contribution in [2.75, 3.05) is 11.1 Å². The summed E-state index contributed by atoms with van der Waals surface area (Å²) in [5.41, 5.74) is 7.31. The van der Waals surface area contributed by atoms with E-state index in [4.69, 9.17) is 5.73 Å². The first-order valence-corrected chi connectivity index (χ1v) is 5.42. The number of aromatic nitrogens is 5. The third-order valence-corrected chi connectivity index (χ3v) is 2.51. The SMILES string of the molecule is Nc1nc(NCc2cccnc2)c2cn[nH]c2n1. The molecule has 0 spiro atoms. The van der Waals surface area contributed by atoms with E-state index in [2.05, 4.69) is 30.5 Å². The lowest BCUT2D eigenvalue weighted by Gasteiger charge is -2.06. The molecular weight excluding hydrogens is 230 g/mol. The summed E-state index contributed by atoms with van der Waals surface area (Å²) >= 11 is 0. The maximum absolute atomic E-state index is 5.63. The number of H-pyrrole nitrogens is 1. The Morgan fingerprint density at radius 1 is 1.28 bits per heavy atom. The van der Waals surface area contributed by atoms with E-state index < -0.39 is 0 Å². The van der Waals surface area contributed by atoms with Crippen molar-refractivity contribution in [3.63, 3.8) is 0 Å². The van der Waals surface area contributed by atoms with E-state index in [1.54, 1.807) is 18.6 Å². The molecule has 90 valence electrons. The molecule has 0 atom stereocenters. The van der Waals surface area contributed by atoms with Crippen LogP contribution in [0.3, 0.4) is 0 Å². The maximum Gasteiger partial charge on any atom is 0.224 e. The summed E-state index contributed by atoms with van der Waals surface area (Å²) in [4.78, 5) is 12.3. The van der Waals surface area contributed by atoms with Gasteiger partial charge in [0.15, 0.2) is 5.65 Å². The number of nitrogens with two attached hydrogens (primary N) is 1. The number of pyridine rings is 1. The zero-order chi connectivity index (χ0) is 12.4. The fourth-order valence-electron chi connectivity index (χ4n) is 1.68. The second-order valence-corrected chi connectivity index (χ2v) is 3.78. The number of nitrogens with zero attached hydrogens (tertiary/aromatic N) is 4. The minimum Gasteiger partial charge on any atom is -0.368 e. The van der Waals surface area contributed by atoms with Crippen LogP contribution in [0.1, 0.15) is 5.56 Å². The number of rotatable bonds is 3. The molecule has 0 amide bonds. The molecule has 0 unspecified atom stereocenters. The molecule has 3 heterocycles. The monoisotopic (exact) mass is 241 g/mol. The summed E-state index contributed by atoms with van der Waals surface area (Å²) in [6, 6.07) is 3.87. The van der Waals surface area contributed by atoms with Gasteiger partial charge in [-0.15, -0.1) is 0 Å². The van der Waals surface area contributed by atoms with Crippen molar-refractivity contribution in [2.45, 2.75) is 6.54 Å². The van der Waals surface area contributed by atoms with Crippen LogP contribution in [0.5, 0.6) is 0 Å². The Hall–Kier alpha value is -2.70. The highest BCUT2D eigenvalue weighted by molar-refractivity contribution is 5.86. The maximum atomic E-state index is 5.63. The standard InChI is InChI=1S/C11H11N7/c12-11-16-9(8-6-15-18-10(8)17-11)14-5-7-2-1-3-13-4-7/h1-4,6H,5H2,(H4,12,14,15,16,17,18). The van der Waals surface area contributed by atoms with Crippen LogP contribution in [0.2, 0.25) is 0 Å². The van der Waals surface area contributed by atoms with Crippen LogP contribution in [-0.2, 0) is 6.54 Å². The molecule has 0 aliphatic carbocycles. The van der Waals surface area contributed by atoms with Crippen LogP contribution < -0.4 is 11.1 Å². The molecule has 0 aliphatic rings. The molecule has 3 aromatic heterocycles. The highest BCUT2D eigenvalue weighted by atomic mass is 15.2. The number of nitrogens with one attached hydrogen (secondary N) is 2. The van der Waals surface area contributed by atoms with Gasteiger partial charge in [-0.1, -0.05) is 6.07 Å². The highest BCUT2D eigenvalue weighted by Crippen LogP contribution is 2.19. The Morgan fingerprint density at radius 2 is 2.22 bits per heavy atom. The number of aromatic amines is 1. The zero-order valence-electron chi connectivity index (χ0n) is 9.46. The molecule has 0 aromatic carbocycles. The van der Waals surface area contributed by atoms with Gasteiger partial charge in [-0.25, -0.2) is 0 Å². The Balaban J connectivity index is 1.88. The third kappa shape index (κ3) is 1.93. The third-order valence-electron chi connectivity index (χ3n) is 2.51. The van der Waals surface area contributed by atoms with Crippen molar-refractivity contribution in [1.29, 1.82) is 0 Å². The molecule has 0 aliphatic heterocycles. The Labute approximate surface area is 102 Å². The lowest BCUT2D eigenvalue weighted by atomic mass is 10.3. The average Bonchev–Trinajstić information content (AvgIpc) is 2.85. The highest BCUT2D eigenvalue weighted by Gasteiger charge is 2.07. The summed E-state index contributed by atoms with van der Waals surface area (Å²) in [6.45, 7) is 0.616. The van der Waals surface area contributed by atoms with Crippen LogP contribution in [0.4, 0.5) is 11.8 Å². The topological polar surface area (TPSA) is 105 Å². The van der Waals surface area contributed by atoms with Gasteiger partial charge in [0, 0.05) is 18.9 Å². The predicted molar refractivity (Wildman–Crippen MR) is 67.7 cm³/mol. The van der Waals surface area contributed by atoms with E-state index >= 15 is 0 Å². The second kappa shape index (κ2) is 4.28. The van der Waals surface area contributed by atoms with Crippen molar-refractivity contribution in [3.8, 4) is 0 Å². The summed E-state index contributed by atoms with van der Waals surface area (Å²) in [5.74, 6) is 0.871. The average molecular weight is 241 g/mol. The van der Waals surface area contributed by atoms with Crippen LogP contribution in [0, 0.1) is 0 Å². The van der Waals surface area contributed by atoms with Gasteiger partial charge in [-0.2, -0.15) is 15.1 Å². The largest absolute Gasteiger partial charge is 0.368 e. The van der Waals surface area contributed by atoms with Crippen LogP contribution in [0.25, 0.3) is 11.0 Å². The predicted octanol–water partition coefficient (Wildman–Crippen LogP) is 0.942. The summed E-state index contributed by atoms with van der Waals surface area (Å²) in [7, 11) is 0. The van der Waals surface area contributed by atoms with Crippen LogP contribution in [0.15, 0.2) is 30.7 Å². The quantitative estimate of drug-likeness (QED) is 0.630. The molecule has 0 saturated carbocycles. The van der Waals surface area contributed by atoms with Gasteiger partial charge < -0.3 is 11.1 Å². The molecule has 4 N–H and O–H groups in total. The number of hydrogen-bond acceptors (Lipinski definition) is 6. The molecule has 0 fully saturated rings. The first kappa shape index (κ1) is 10.5. The molecule has 3 aromatic rings. The molecule has 0 saturated heterocycles. The van der Waals surface area contributed by atoms with E-state index in [1.165, 1.54) is 0 Å². The van der Waals surface area contributed by atoms with Gasteiger partial charge in [-0.3, -0.25) is 10.1 Å². The lowest BCUT2D eigenvalue weighted by Crippen LogP contribution is -2.05. The second-order valence-electron chi connectivity index (χ2n) is 3.78. The van der Waals surface area contributed by atoms with Gasteiger partial charge in [-0.05, 0) is 11.6 Å². The van der Waals surface area contributed by atoms with E-state index in [-0.39, 0.29) is 5.95 Å². The van der Waals surface area contributed by atoms with Crippen molar-refractivity contribution < 1.29 is 0 Å². The lowest BCUT2D eigenvalue weighted by molar-refractivity contribution is 1.08. The van der Waals surface area contributed by atoms with Gasteiger partial charge >= 0.3 is 0 Å². The van der Waals surface area contributed by atoms with Crippen molar-refractivity contribution in [1.82, 2.24) is 25.1 Å². The van der Waals surface area contributed by atoms with Crippen molar-refractivity contribution in [3.05, 3.63) is 36.3 Å². The summed E-state index contributed by atoms with van der Waals surface area (Å²) < 4.78 is 0. The smallest absolute Gasteiger partial charge is 0.224 e. The Morgan fingerprint density at radius 3 is 3.06 bits per heavy atom. The number of anilines is 2. The van der Waals surface area contributed by atoms with E-state index in [0.717, 1.165) is 10.9 Å². The fraction of sp³-hybridized carbons (Fsp3) is 0.0909. The normalized spacial score (nSPS) is 10.7. The summed E-state index contributed by atoms with van der Waals surface area (Å²) in [6.07, 6.45) is 5.20. The van der Waals surface area contributed by atoms with Crippen LogP contribution >= 0.6 is 0 Å². The molecule has 0 bridgehead atoms. The molecule has 0 radical (unpaired) electrons. The Kier molecular flexibility index (Phi) is 2.49. The molecule has 7 heteroatoms. The Bertz CT molecular complexity index is 661. The van der Waals surface area contributed by atoms with E-state index in [1.807, 2.05) is 12.1 Å². The fourth-order valence-corrected chi connectivity index (χ4v) is 1.68. The first-order valence-electron chi connectivity index (χ1n) is 5.42. The van der Waals surface area contributed by atoms with E-state index in [0.29, 0.717) is 18.0 Å². The molecule has 3 rings (SSSR count). The molecule has 18 heavy (non-hydrogen) atoms. The van der Waals surface area contributed by atoms with Crippen molar-refractivity contribution >= 4 is 22.8 Å². The van der Waals surface area contributed by atoms with Gasteiger partial charge in [0.2, 0.25) is 5.95 Å². The minimum atomic E-state index is 0.209. The van der Waals surface area contributed by atoms with Gasteiger partial charge in [0.05, 0.1) is 11.6 Å². The summed E-state index contributed by atoms with van der Waals surface area (Å²) in [5, 5.41) is 10.7. The number of fused-ring (bicyclic) bond motifs is 1. The number of hydrogen-bond donors (Lipinski definition) is 3. The van der Waals surface area contributed by atoms with Gasteiger partial charge in [0.1, 0.15) is 5.82 Å².